The van der Waals surface area contributed by atoms with Crippen molar-refractivity contribution in [3.8, 4) is 0 Å². The van der Waals surface area contributed by atoms with Gasteiger partial charge in [-0.3, -0.25) is 9.59 Å². The molecule has 23 heavy (non-hydrogen) atoms. The molecule has 0 bridgehead atoms. The molecule has 0 aliphatic heterocycles. The first-order valence-electron chi connectivity index (χ1n) is 8.05. The van der Waals surface area contributed by atoms with E-state index in [4.69, 9.17) is 0 Å². The maximum absolute atomic E-state index is 12.3. The molecule has 0 fully saturated rings. The normalized spacial score (nSPS) is 14.5. The highest BCUT2D eigenvalue weighted by Gasteiger charge is 2.18. The van der Waals surface area contributed by atoms with Crippen LogP contribution in [0.25, 0.3) is 11.0 Å². The van der Waals surface area contributed by atoms with Crippen LogP contribution in [-0.2, 0) is 11.3 Å². The average Bonchev–Trinajstić information content (AvgIpc) is 3.09. The van der Waals surface area contributed by atoms with Gasteiger partial charge in [0.15, 0.2) is 0 Å². The number of aryl methyl sites for hydroxylation is 2. The van der Waals surface area contributed by atoms with Crippen LogP contribution in [0.4, 0.5) is 0 Å². The first kappa shape index (κ1) is 15.5. The number of nitrogens with one attached hydrogen (secondary N) is 1. The zero-order chi connectivity index (χ0) is 16.2. The van der Waals surface area contributed by atoms with Crippen LogP contribution in [0.15, 0.2) is 41.2 Å². The van der Waals surface area contributed by atoms with Gasteiger partial charge >= 0.3 is 0 Å². The third-order valence-electron chi connectivity index (χ3n) is 4.25. The molecule has 5 heteroatoms. The molecule has 0 saturated carbocycles. The predicted octanol–water partition coefficient (Wildman–Crippen LogP) is 2.18. The second-order valence-corrected chi connectivity index (χ2v) is 5.93. The highest BCUT2D eigenvalue weighted by molar-refractivity contribution is 5.79. The largest absolute Gasteiger partial charge is 0.356 e. The van der Waals surface area contributed by atoms with Crippen molar-refractivity contribution in [3.05, 3.63) is 52.5 Å². The van der Waals surface area contributed by atoms with Crippen LogP contribution in [0.2, 0.25) is 0 Å². The Labute approximate surface area is 135 Å². The number of carbonyl (C=O) groups excluding carboxylic acids is 1. The Kier molecular flexibility index (Phi) is 4.55. The van der Waals surface area contributed by atoms with Gasteiger partial charge in [0.05, 0.1) is 11.0 Å². The van der Waals surface area contributed by atoms with E-state index in [0.717, 1.165) is 30.3 Å². The number of fused-ring (bicyclic) bond motifs is 1. The fourth-order valence-corrected chi connectivity index (χ4v) is 2.97. The Balaban J connectivity index is 1.64. The second kappa shape index (κ2) is 6.77. The summed E-state index contributed by atoms with van der Waals surface area (Å²) in [4.78, 5) is 28.6. The van der Waals surface area contributed by atoms with Gasteiger partial charge in [-0.2, -0.15) is 0 Å². The topological polar surface area (TPSA) is 64.0 Å². The predicted molar refractivity (Wildman–Crippen MR) is 90.2 cm³/mol. The number of amides is 1. The van der Waals surface area contributed by atoms with E-state index in [2.05, 4.69) is 22.5 Å². The number of para-hydroxylation sites is 2. The third-order valence-corrected chi connectivity index (χ3v) is 4.25. The fraction of sp³-hybridized carbons (Fsp3) is 0.389. The molecular formula is C18H21N3O2. The van der Waals surface area contributed by atoms with E-state index in [0.29, 0.717) is 18.8 Å². The Morgan fingerprint density at radius 3 is 2.83 bits per heavy atom. The molecule has 1 aliphatic carbocycles. The van der Waals surface area contributed by atoms with E-state index in [1.165, 1.54) is 0 Å². The molecular weight excluding hydrogens is 290 g/mol. The molecule has 1 aromatic heterocycles. The zero-order valence-electron chi connectivity index (χ0n) is 13.3. The summed E-state index contributed by atoms with van der Waals surface area (Å²) in [6.45, 7) is 2.89. The van der Waals surface area contributed by atoms with Crippen LogP contribution >= 0.6 is 0 Å². The number of rotatable bonds is 5. The van der Waals surface area contributed by atoms with Gasteiger partial charge in [0.2, 0.25) is 5.91 Å². The minimum atomic E-state index is -0.0602. The molecule has 0 unspecified atom stereocenters. The van der Waals surface area contributed by atoms with Crippen LogP contribution in [0.5, 0.6) is 0 Å². The lowest BCUT2D eigenvalue weighted by atomic mass is 10.1. The molecule has 2 aromatic rings. The quantitative estimate of drug-likeness (QED) is 0.680. The van der Waals surface area contributed by atoms with Crippen LogP contribution in [0.1, 0.15) is 25.0 Å². The Hall–Kier alpha value is -2.43. The SMILES string of the molecule is Cc1nc2ccccc2n(CCCNC(=O)C2CC=CC2)c1=O. The number of allylic oxidation sites excluding steroid dienone is 2. The molecule has 5 nitrogen and oxygen atoms in total. The first-order chi connectivity index (χ1) is 11.2. The van der Waals surface area contributed by atoms with Crippen molar-refractivity contribution in [1.29, 1.82) is 0 Å². The molecule has 3 rings (SSSR count). The highest BCUT2D eigenvalue weighted by Crippen LogP contribution is 2.17. The Morgan fingerprint density at radius 2 is 2.04 bits per heavy atom. The molecule has 1 amide bonds. The van der Waals surface area contributed by atoms with Gasteiger partial charge in [-0.05, 0) is 38.3 Å². The van der Waals surface area contributed by atoms with Crippen molar-refractivity contribution >= 4 is 16.9 Å². The highest BCUT2D eigenvalue weighted by atomic mass is 16.2. The molecule has 1 N–H and O–H groups in total. The summed E-state index contributed by atoms with van der Waals surface area (Å²) < 4.78 is 1.75. The van der Waals surface area contributed by atoms with Crippen LogP contribution in [0, 0.1) is 12.8 Å². The molecule has 0 atom stereocenters. The van der Waals surface area contributed by atoms with Crippen molar-refractivity contribution < 1.29 is 4.79 Å². The Morgan fingerprint density at radius 1 is 1.30 bits per heavy atom. The Bertz CT molecular complexity index is 800. The monoisotopic (exact) mass is 311 g/mol. The van der Waals surface area contributed by atoms with E-state index < -0.39 is 0 Å². The number of nitrogens with zero attached hydrogens (tertiary/aromatic N) is 2. The van der Waals surface area contributed by atoms with Gasteiger partial charge in [0.25, 0.3) is 5.56 Å². The fourth-order valence-electron chi connectivity index (χ4n) is 2.97. The zero-order valence-corrected chi connectivity index (χ0v) is 13.3. The maximum atomic E-state index is 12.3. The summed E-state index contributed by atoms with van der Waals surface area (Å²) in [5.74, 6) is 0.194. The lowest BCUT2D eigenvalue weighted by Crippen LogP contribution is -2.32. The van der Waals surface area contributed by atoms with E-state index >= 15 is 0 Å². The van der Waals surface area contributed by atoms with E-state index in [1.807, 2.05) is 24.3 Å². The van der Waals surface area contributed by atoms with Crippen LogP contribution in [0.3, 0.4) is 0 Å². The molecule has 0 saturated heterocycles. The smallest absolute Gasteiger partial charge is 0.272 e. The molecule has 0 radical (unpaired) electrons. The number of benzene rings is 1. The molecule has 1 aromatic carbocycles. The van der Waals surface area contributed by atoms with Gasteiger partial charge in [-0.25, -0.2) is 4.98 Å². The number of hydrogen-bond acceptors (Lipinski definition) is 3. The number of hydrogen-bond donors (Lipinski definition) is 1. The minimum Gasteiger partial charge on any atom is -0.356 e. The van der Waals surface area contributed by atoms with Gasteiger partial charge in [-0.1, -0.05) is 24.3 Å². The van der Waals surface area contributed by atoms with E-state index in [9.17, 15) is 9.59 Å². The van der Waals surface area contributed by atoms with Crippen molar-refractivity contribution in [3.63, 3.8) is 0 Å². The molecule has 120 valence electrons. The van der Waals surface area contributed by atoms with Gasteiger partial charge in [-0.15, -0.1) is 0 Å². The van der Waals surface area contributed by atoms with Crippen molar-refractivity contribution in [2.45, 2.75) is 32.7 Å². The minimum absolute atomic E-state index is 0.0602. The average molecular weight is 311 g/mol. The number of carbonyl (C=O) groups is 1. The summed E-state index contributed by atoms with van der Waals surface area (Å²) in [5.41, 5.74) is 2.11. The number of aromatic nitrogens is 2. The van der Waals surface area contributed by atoms with Crippen molar-refractivity contribution in [2.75, 3.05) is 6.54 Å². The van der Waals surface area contributed by atoms with E-state index in [1.54, 1.807) is 11.5 Å². The van der Waals surface area contributed by atoms with Crippen LogP contribution in [-0.4, -0.2) is 22.0 Å². The molecule has 1 heterocycles. The third kappa shape index (κ3) is 3.33. The molecule has 0 spiro atoms. The van der Waals surface area contributed by atoms with Gasteiger partial charge < -0.3 is 9.88 Å². The van der Waals surface area contributed by atoms with Crippen molar-refractivity contribution in [1.82, 2.24) is 14.9 Å². The lowest BCUT2D eigenvalue weighted by molar-refractivity contribution is -0.124. The molecule has 1 aliphatic rings. The maximum Gasteiger partial charge on any atom is 0.272 e. The summed E-state index contributed by atoms with van der Waals surface area (Å²) in [7, 11) is 0. The first-order valence-corrected chi connectivity index (χ1v) is 8.05. The standard InChI is InChI=1S/C18H21N3O2/c1-13-18(23)21(16-10-5-4-9-15(16)20-13)12-6-11-19-17(22)14-7-2-3-8-14/h2-5,9-10,14H,6-8,11-12H2,1H3,(H,19,22). The lowest BCUT2D eigenvalue weighted by Gasteiger charge is -2.13. The van der Waals surface area contributed by atoms with Gasteiger partial charge in [0, 0.05) is 19.0 Å². The summed E-state index contributed by atoms with van der Waals surface area (Å²) in [5, 5.41) is 2.97. The summed E-state index contributed by atoms with van der Waals surface area (Å²) in [6, 6.07) is 7.64. The second-order valence-electron chi connectivity index (χ2n) is 5.93. The van der Waals surface area contributed by atoms with Gasteiger partial charge in [0.1, 0.15) is 5.69 Å². The van der Waals surface area contributed by atoms with Crippen LogP contribution < -0.4 is 10.9 Å². The summed E-state index contributed by atoms with van der Waals surface area (Å²) in [6.07, 6.45) is 6.49. The summed E-state index contributed by atoms with van der Waals surface area (Å²) >= 11 is 0. The van der Waals surface area contributed by atoms with Crippen molar-refractivity contribution in [2.24, 2.45) is 5.92 Å². The van der Waals surface area contributed by atoms with E-state index in [-0.39, 0.29) is 17.4 Å².